The summed E-state index contributed by atoms with van der Waals surface area (Å²) in [5.41, 5.74) is -0.219. The van der Waals surface area contributed by atoms with Crippen molar-refractivity contribution in [1.82, 2.24) is 10.2 Å². The maximum Gasteiger partial charge on any atom is 0.166 e. The Morgan fingerprint density at radius 2 is 2.06 bits per heavy atom. The molecule has 1 aliphatic rings. The van der Waals surface area contributed by atoms with E-state index in [0.717, 1.165) is 25.7 Å². The molecule has 18 heavy (non-hydrogen) atoms. The van der Waals surface area contributed by atoms with E-state index in [9.17, 15) is 5.11 Å². The van der Waals surface area contributed by atoms with Gasteiger partial charge >= 0.3 is 0 Å². The summed E-state index contributed by atoms with van der Waals surface area (Å²) in [7, 11) is 0. The van der Waals surface area contributed by atoms with Crippen molar-refractivity contribution in [2.75, 3.05) is 11.9 Å². The number of nitrogens with zero attached hydrogens (tertiary/aromatic N) is 3. The van der Waals surface area contributed by atoms with Crippen LogP contribution >= 0.6 is 0 Å². The minimum Gasteiger partial charge on any atom is -0.388 e. The number of nitriles is 1. The fourth-order valence-corrected chi connectivity index (χ4v) is 2.36. The fraction of sp³-hybridized carbons (Fsp3) is 0.615. The summed E-state index contributed by atoms with van der Waals surface area (Å²) in [6.07, 6.45) is 7.61. The van der Waals surface area contributed by atoms with E-state index >= 15 is 0 Å². The molecule has 5 nitrogen and oxygen atoms in total. The summed E-state index contributed by atoms with van der Waals surface area (Å²) in [5.74, 6) is 0.456. The normalized spacial score (nSPS) is 18.7. The first kappa shape index (κ1) is 12.8. The summed E-state index contributed by atoms with van der Waals surface area (Å²) >= 11 is 0. The molecule has 2 N–H and O–H groups in total. The summed E-state index contributed by atoms with van der Waals surface area (Å²) in [6.45, 7) is 0.431. The second-order valence-corrected chi connectivity index (χ2v) is 4.90. The van der Waals surface area contributed by atoms with Gasteiger partial charge in [0.25, 0.3) is 0 Å². The van der Waals surface area contributed by atoms with Crippen LogP contribution in [0.5, 0.6) is 0 Å². The largest absolute Gasteiger partial charge is 0.388 e. The highest BCUT2D eigenvalue weighted by Gasteiger charge is 2.28. The first-order valence-electron chi connectivity index (χ1n) is 6.42. The van der Waals surface area contributed by atoms with E-state index in [1.54, 1.807) is 6.07 Å². The highest BCUT2D eigenvalue weighted by Crippen LogP contribution is 2.27. The van der Waals surface area contributed by atoms with Crippen molar-refractivity contribution in [3.05, 3.63) is 17.8 Å². The number of rotatable bonds is 3. The van der Waals surface area contributed by atoms with Crippen LogP contribution in [0.25, 0.3) is 0 Å². The lowest BCUT2D eigenvalue weighted by Crippen LogP contribution is -2.36. The van der Waals surface area contributed by atoms with Gasteiger partial charge < -0.3 is 10.4 Å². The highest BCUT2D eigenvalue weighted by molar-refractivity contribution is 5.50. The van der Waals surface area contributed by atoms with Crippen molar-refractivity contribution in [2.45, 2.75) is 44.1 Å². The van der Waals surface area contributed by atoms with Gasteiger partial charge in [-0.1, -0.05) is 25.7 Å². The van der Waals surface area contributed by atoms with Gasteiger partial charge in [0.1, 0.15) is 6.07 Å². The Balaban J connectivity index is 2.00. The Morgan fingerprint density at radius 1 is 1.33 bits per heavy atom. The van der Waals surface area contributed by atoms with Crippen LogP contribution in [0.4, 0.5) is 5.82 Å². The molecule has 1 heterocycles. The predicted octanol–water partition coefficient (Wildman–Crippen LogP) is 1.85. The summed E-state index contributed by atoms with van der Waals surface area (Å²) in [5, 5.41) is 30.1. The maximum atomic E-state index is 10.5. The molecule has 0 radical (unpaired) electrons. The lowest BCUT2D eigenvalue weighted by molar-refractivity contribution is 0.0380. The number of nitrogens with one attached hydrogen (secondary N) is 1. The van der Waals surface area contributed by atoms with Crippen LogP contribution in [0.3, 0.4) is 0 Å². The lowest BCUT2D eigenvalue weighted by atomic mass is 9.94. The Hall–Kier alpha value is -1.67. The smallest absolute Gasteiger partial charge is 0.166 e. The first-order chi connectivity index (χ1) is 8.73. The van der Waals surface area contributed by atoms with Crippen molar-refractivity contribution in [2.24, 2.45) is 0 Å². The van der Waals surface area contributed by atoms with Crippen LogP contribution in [0.1, 0.15) is 44.1 Å². The van der Waals surface area contributed by atoms with Crippen LogP contribution in [-0.4, -0.2) is 27.4 Å². The van der Waals surface area contributed by atoms with Gasteiger partial charge in [0.2, 0.25) is 0 Å². The van der Waals surface area contributed by atoms with Gasteiger partial charge in [-0.25, -0.2) is 0 Å². The van der Waals surface area contributed by atoms with Crippen molar-refractivity contribution in [3.8, 4) is 6.07 Å². The molecular formula is C13H18N4O. The molecule has 0 aromatic carbocycles. The van der Waals surface area contributed by atoms with Gasteiger partial charge in [-0.3, -0.25) is 0 Å². The van der Waals surface area contributed by atoms with Crippen LogP contribution in [0.15, 0.2) is 12.3 Å². The molecule has 0 unspecified atom stereocenters. The van der Waals surface area contributed by atoms with Gasteiger partial charge in [0.05, 0.1) is 17.4 Å². The van der Waals surface area contributed by atoms with Gasteiger partial charge in [-0.05, 0) is 18.9 Å². The van der Waals surface area contributed by atoms with Gasteiger partial charge in [0.15, 0.2) is 5.82 Å². The fourth-order valence-electron chi connectivity index (χ4n) is 2.36. The van der Waals surface area contributed by atoms with Crippen LogP contribution < -0.4 is 5.32 Å². The Bertz CT molecular complexity index is 433. The molecule has 1 fully saturated rings. The number of hydrogen-bond donors (Lipinski definition) is 2. The van der Waals surface area contributed by atoms with Gasteiger partial charge in [-0.2, -0.15) is 10.4 Å². The molecule has 0 saturated heterocycles. The topological polar surface area (TPSA) is 81.8 Å². The van der Waals surface area contributed by atoms with Crippen molar-refractivity contribution < 1.29 is 5.11 Å². The number of aliphatic hydroxyl groups is 1. The molecule has 96 valence electrons. The van der Waals surface area contributed by atoms with Gasteiger partial charge in [-0.15, -0.1) is 5.10 Å². The lowest BCUT2D eigenvalue weighted by Gasteiger charge is -2.27. The molecule has 1 aromatic rings. The van der Waals surface area contributed by atoms with E-state index in [1.165, 1.54) is 19.0 Å². The average Bonchev–Trinajstić information content (AvgIpc) is 2.62. The zero-order valence-corrected chi connectivity index (χ0v) is 10.4. The standard InChI is InChI=1S/C13H18N4O/c14-9-11-5-8-16-17-12(11)15-10-13(18)6-3-1-2-4-7-13/h5,8,18H,1-4,6-7,10H2,(H,15,17). The molecule has 5 heteroatoms. The minimum absolute atomic E-state index is 0.431. The van der Waals surface area contributed by atoms with Crippen LogP contribution in [0, 0.1) is 11.3 Å². The number of aromatic nitrogens is 2. The second-order valence-electron chi connectivity index (χ2n) is 4.90. The Labute approximate surface area is 107 Å². The molecule has 2 rings (SSSR count). The second kappa shape index (κ2) is 5.78. The molecule has 0 aliphatic heterocycles. The third kappa shape index (κ3) is 3.17. The third-order valence-electron chi connectivity index (χ3n) is 3.46. The van der Waals surface area contributed by atoms with E-state index < -0.39 is 5.60 Å². The first-order valence-corrected chi connectivity index (χ1v) is 6.42. The molecule has 1 saturated carbocycles. The van der Waals surface area contributed by atoms with Crippen molar-refractivity contribution in [1.29, 1.82) is 5.26 Å². The zero-order valence-electron chi connectivity index (χ0n) is 10.4. The molecule has 1 aromatic heterocycles. The summed E-state index contributed by atoms with van der Waals surface area (Å²) < 4.78 is 0. The van der Waals surface area contributed by atoms with Crippen LogP contribution in [-0.2, 0) is 0 Å². The molecular weight excluding hydrogens is 228 g/mol. The zero-order chi connectivity index (χ0) is 12.8. The van der Waals surface area contributed by atoms with E-state index in [-0.39, 0.29) is 0 Å². The predicted molar refractivity (Wildman–Crippen MR) is 67.9 cm³/mol. The summed E-state index contributed by atoms with van der Waals surface area (Å²) in [6, 6.07) is 3.68. The van der Waals surface area contributed by atoms with Crippen molar-refractivity contribution >= 4 is 5.82 Å². The molecule has 0 amide bonds. The van der Waals surface area contributed by atoms with E-state index in [0.29, 0.717) is 17.9 Å². The number of anilines is 1. The Kier molecular flexibility index (Phi) is 4.11. The highest BCUT2D eigenvalue weighted by atomic mass is 16.3. The van der Waals surface area contributed by atoms with E-state index in [2.05, 4.69) is 21.6 Å². The average molecular weight is 246 g/mol. The van der Waals surface area contributed by atoms with E-state index in [4.69, 9.17) is 5.26 Å². The minimum atomic E-state index is -0.680. The molecule has 0 atom stereocenters. The molecule has 1 aliphatic carbocycles. The maximum absolute atomic E-state index is 10.5. The SMILES string of the molecule is N#Cc1ccnnc1NCC1(O)CCCCCC1. The molecule has 0 bridgehead atoms. The summed E-state index contributed by atoms with van der Waals surface area (Å²) in [4.78, 5) is 0. The molecule has 0 spiro atoms. The number of hydrogen-bond acceptors (Lipinski definition) is 5. The third-order valence-corrected chi connectivity index (χ3v) is 3.46. The quantitative estimate of drug-likeness (QED) is 0.795. The monoisotopic (exact) mass is 246 g/mol. The van der Waals surface area contributed by atoms with Crippen molar-refractivity contribution in [3.63, 3.8) is 0 Å². The van der Waals surface area contributed by atoms with Gasteiger partial charge in [0, 0.05) is 6.54 Å². The van der Waals surface area contributed by atoms with Crippen LogP contribution in [0.2, 0.25) is 0 Å². The van der Waals surface area contributed by atoms with E-state index in [1.807, 2.05) is 0 Å². The Morgan fingerprint density at radius 3 is 2.72 bits per heavy atom.